The molecule has 0 aromatic rings. The van der Waals surface area contributed by atoms with E-state index in [4.69, 9.17) is 21.1 Å². The third-order valence-electron chi connectivity index (χ3n) is 2.39. The molecule has 1 amide bonds. The van der Waals surface area contributed by atoms with Gasteiger partial charge in [-0.1, -0.05) is 0 Å². The summed E-state index contributed by atoms with van der Waals surface area (Å²) in [5.74, 6) is 0.367. The lowest BCUT2D eigenvalue weighted by molar-refractivity contribution is -0.138. The predicted molar refractivity (Wildman–Crippen MR) is 62.7 cm³/mol. The van der Waals surface area contributed by atoms with E-state index in [0.29, 0.717) is 18.7 Å². The van der Waals surface area contributed by atoms with Crippen molar-refractivity contribution in [3.63, 3.8) is 0 Å². The molecule has 0 saturated carbocycles. The van der Waals surface area contributed by atoms with Gasteiger partial charge in [0.25, 0.3) is 0 Å². The summed E-state index contributed by atoms with van der Waals surface area (Å²) in [6.45, 7) is 3.84. The van der Waals surface area contributed by atoms with E-state index in [9.17, 15) is 9.59 Å². The van der Waals surface area contributed by atoms with Gasteiger partial charge in [0.15, 0.2) is 0 Å². The predicted octanol–water partition coefficient (Wildman–Crippen LogP) is 1.90. The van der Waals surface area contributed by atoms with Crippen molar-refractivity contribution < 1.29 is 19.1 Å². The summed E-state index contributed by atoms with van der Waals surface area (Å²) in [5.41, 5.74) is 0. The first-order chi connectivity index (χ1) is 8.06. The Hall–Kier alpha value is -1.23. The van der Waals surface area contributed by atoms with Crippen LogP contribution < -0.4 is 0 Å². The average Bonchev–Trinajstić information content (AvgIpc) is 2.28. The maximum atomic E-state index is 11.7. The molecule has 0 bridgehead atoms. The monoisotopic (exact) mass is 261 g/mol. The van der Waals surface area contributed by atoms with Gasteiger partial charge in [0.05, 0.1) is 11.9 Å². The highest BCUT2D eigenvalue weighted by molar-refractivity contribution is 6.18. The molecule has 1 unspecified atom stereocenters. The van der Waals surface area contributed by atoms with Crippen molar-refractivity contribution in [3.8, 4) is 0 Å². The van der Waals surface area contributed by atoms with Crippen molar-refractivity contribution in [2.24, 2.45) is 0 Å². The fourth-order valence-corrected chi connectivity index (χ4v) is 1.69. The Morgan fingerprint density at radius 1 is 1.59 bits per heavy atom. The summed E-state index contributed by atoms with van der Waals surface area (Å²) >= 11 is 5.44. The first kappa shape index (κ1) is 13.8. The molecule has 0 saturated heterocycles. The Kier molecular flexibility index (Phi) is 5.28. The third-order valence-corrected chi connectivity index (χ3v) is 2.55. The topological polar surface area (TPSA) is 55.8 Å². The molecule has 6 heteroatoms. The molecule has 1 rings (SSSR count). The molecule has 0 fully saturated rings. The van der Waals surface area contributed by atoms with E-state index in [2.05, 4.69) is 0 Å². The quantitative estimate of drug-likeness (QED) is 0.575. The number of alkyl halides is 1. The van der Waals surface area contributed by atoms with Crippen molar-refractivity contribution in [3.05, 3.63) is 11.8 Å². The van der Waals surface area contributed by atoms with Crippen LogP contribution in [0.15, 0.2) is 11.8 Å². The van der Waals surface area contributed by atoms with E-state index in [0.717, 1.165) is 0 Å². The van der Waals surface area contributed by atoms with Crippen LogP contribution >= 0.6 is 11.6 Å². The summed E-state index contributed by atoms with van der Waals surface area (Å²) in [6, 6.07) is -0.296. The van der Waals surface area contributed by atoms with Crippen LogP contribution in [0.5, 0.6) is 0 Å². The van der Waals surface area contributed by atoms with Gasteiger partial charge in [-0.25, -0.2) is 4.79 Å². The lowest BCUT2D eigenvalue weighted by Crippen LogP contribution is -2.43. The SMILES string of the molecule is CC(=O)OC1=CCCN(C(=O)OCCCl)C1C. The number of carbonyl (C=O) groups excluding carboxylic acids is 2. The second kappa shape index (κ2) is 6.49. The summed E-state index contributed by atoms with van der Waals surface area (Å²) < 4.78 is 9.98. The number of nitrogens with zero attached hydrogens (tertiary/aromatic N) is 1. The van der Waals surface area contributed by atoms with Crippen LogP contribution in [0.25, 0.3) is 0 Å². The Bertz CT molecular complexity index is 329. The van der Waals surface area contributed by atoms with Gasteiger partial charge in [0.2, 0.25) is 0 Å². The fraction of sp³-hybridized carbons (Fsp3) is 0.636. The van der Waals surface area contributed by atoms with Gasteiger partial charge < -0.3 is 9.47 Å². The van der Waals surface area contributed by atoms with Gasteiger partial charge in [-0.15, -0.1) is 11.6 Å². The molecule has 0 N–H and O–H groups in total. The lowest BCUT2D eigenvalue weighted by Gasteiger charge is -2.32. The van der Waals surface area contributed by atoms with E-state index in [1.165, 1.54) is 11.8 Å². The molecule has 96 valence electrons. The van der Waals surface area contributed by atoms with E-state index < -0.39 is 6.09 Å². The minimum Gasteiger partial charge on any atom is -0.448 e. The first-order valence-electron chi connectivity index (χ1n) is 5.44. The molecule has 1 aliphatic heterocycles. The van der Waals surface area contributed by atoms with E-state index in [-0.39, 0.29) is 24.5 Å². The average molecular weight is 262 g/mol. The minimum atomic E-state index is -0.434. The van der Waals surface area contributed by atoms with Crippen LogP contribution in [0.1, 0.15) is 20.3 Å². The number of halogens is 1. The highest BCUT2D eigenvalue weighted by Crippen LogP contribution is 2.19. The molecular weight excluding hydrogens is 246 g/mol. The van der Waals surface area contributed by atoms with Crippen LogP contribution in [0, 0.1) is 0 Å². The van der Waals surface area contributed by atoms with Crippen LogP contribution in [-0.4, -0.2) is 42.0 Å². The molecule has 1 aliphatic rings. The van der Waals surface area contributed by atoms with Crippen molar-refractivity contribution >= 4 is 23.7 Å². The molecule has 1 atom stereocenters. The van der Waals surface area contributed by atoms with Crippen LogP contribution in [0.3, 0.4) is 0 Å². The van der Waals surface area contributed by atoms with Gasteiger partial charge in [-0.2, -0.15) is 0 Å². The number of ether oxygens (including phenoxy) is 2. The highest BCUT2D eigenvalue weighted by atomic mass is 35.5. The molecule has 17 heavy (non-hydrogen) atoms. The van der Waals surface area contributed by atoms with Gasteiger partial charge in [-0.3, -0.25) is 9.69 Å². The Labute approximate surface area is 105 Å². The molecule has 0 radical (unpaired) electrons. The molecule has 0 aromatic carbocycles. The Balaban J connectivity index is 2.62. The maximum Gasteiger partial charge on any atom is 0.410 e. The number of carbonyl (C=O) groups is 2. The molecule has 0 aliphatic carbocycles. The number of rotatable bonds is 3. The molecule has 5 nitrogen and oxygen atoms in total. The number of esters is 1. The fourth-order valence-electron chi connectivity index (χ4n) is 1.61. The van der Waals surface area contributed by atoms with Gasteiger partial charge in [0.1, 0.15) is 12.4 Å². The first-order valence-corrected chi connectivity index (χ1v) is 5.97. The van der Waals surface area contributed by atoms with E-state index >= 15 is 0 Å². The third kappa shape index (κ3) is 3.93. The van der Waals surface area contributed by atoms with Crippen LogP contribution in [-0.2, 0) is 14.3 Å². The molecule has 0 aromatic heterocycles. The van der Waals surface area contributed by atoms with E-state index in [1.54, 1.807) is 6.92 Å². The van der Waals surface area contributed by atoms with Gasteiger partial charge in [0, 0.05) is 13.5 Å². The lowest BCUT2D eigenvalue weighted by atomic mass is 10.1. The zero-order chi connectivity index (χ0) is 12.8. The molecular formula is C11H16ClNO4. The second-order valence-corrected chi connectivity index (χ2v) is 4.04. The van der Waals surface area contributed by atoms with Crippen molar-refractivity contribution in [1.29, 1.82) is 0 Å². The largest absolute Gasteiger partial charge is 0.448 e. The van der Waals surface area contributed by atoms with Crippen molar-refractivity contribution in [2.75, 3.05) is 19.0 Å². The Morgan fingerprint density at radius 3 is 2.88 bits per heavy atom. The van der Waals surface area contributed by atoms with Gasteiger partial charge >= 0.3 is 12.1 Å². The summed E-state index contributed by atoms with van der Waals surface area (Å²) in [4.78, 5) is 24.1. The van der Waals surface area contributed by atoms with Crippen molar-refractivity contribution in [2.45, 2.75) is 26.3 Å². The van der Waals surface area contributed by atoms with Crippen LogP contribution in [0.4, 0.5) is 4.79 Å². The number of hydrogen-bond donors (Lipinski definition) is 0. The second-order valence-electron chi connectivity index (χ2n) is 3.66. The van der Waals surface area contributed by atoms with Crippen molar-refractivity contribution in [1.82, 2.24) is 4.90 Å². The van der Waals surface area contributed by atoms with Crippen LogP contribution in [0.2, 0.25) is 0 Å². The smallest absolute Gasteiger partial charge is 0.410 e. The zero-order valence-electron chi connectivity index (χ0n) is 9.94. The number of amides is 1. The minimum absolute atomic E-state index is 0.177. The molecule has 1 heterocycles. The molecule has 0 spiro atoms. The summed E-state index contributed by atoms with van der Waals surface area (Å²) in [6.07, 6.45) is 2.02. The van der Waals surface area contributed by atoms with Gasteiger partial charge in [-0.05, 0) is 19.4 Å². The highest BCUT2D eigenvalue weighted by Gasteiger charge is 2.28. The summed E-state index contributed by atoms with van der Waals surface area (Å²) in [5, 5.41) is 0. The number of hydrogen-bond acceptors (Lipinski definition) is 4. The van der Waals surface area contributed by atoms with E-state index in [1.807, 2.05) is 6.08 Å². The normalized spacial score (nSPS) is 19.6. The Morgan fingerprint density at radius 2 is 2.29 bits per heavy atom. The standard InChI is InChI=1S/C11H16ClNO4/c1-8-10(17-9(2)14)4-3-6-13(8)11(15)16-7-5-12/h4,8H,3,5-7H2,1-2H3. The summed E-state index contributed by atoms with van der Waals surface area (Å²) in [7, 11) is 0. The zero-order valence-corrected chi connectivity index (χ0v) is 10.7. The maximum absolute atomic E-state index is 11.7.